The second-order valence-corrected chi connectivity index (χ2v) is 9.42. The van der Waals surface area contributed by atoms with Gasteiger partial charge in [-0.1, -0.05) is 47.5 Å². The van der Waals surface area contributed by atoms with E-state index in [1.807, 2.05) is 0 Å². The first-order chi connectivity index (χ1) is 16.8. The number of rotatable bonds is 5. The summed E-state index contributed by atoms with van der Waals surface area (Å²) in [5.74, 6) is -2.48. The number of aromatic nitrogens is 1. The van der Waals surface area contributed by atoms with Gasteiger partial charge in [0.1, 0.15) is 10.5 Å². The van der Waals surface area contributed by atoms with Crippen molar-refractivity contribution in [1.82, 2.24) is 4.57 Å². The van der Waals surface area contributed by atoms with E-state index in [0.29, 0.717) is 20.1 Å². The number of nitrogens with two attached hydrogens (primary N) is 1. The first-order valence-corrected chi connectivity index (χ1v) is 12.1. The second-order valence-electron chi connectivity index (χ2n) is 7.52. The lowest BCUT2D eigenvalue weighted by atomic mass is 9.83. The molecular formula is C25H20Cl2N2O5S. The number of ether oxygens (including phenoxy) is 2. The molecule has 1 aliphatic heterocycles. The molecule has 35 heavy (non-hydrogen) atoms. The molecule has 0 saturated carbocycles. The van der Waals surface area contributed by atoms with Crippen molar-refractivity contribution < 1.29 is 19.1 Å². The Morgan fingerprint density at radius 1 is 1.03 bits per heavy atom. The number of carbonyl (C=O) groups is 2. The zero-order chi connectivity index (χ0) is 25.3. The van der Waals surface area contributed by atoms with Gasteiger partial charge in [-0.25, -0.2) is 9.59 Å². The average molecular weight is 531 g/mol. The lowest BCUT2D eigenvalue weighted by Gasteiger charge is -2.26. The summed E-state index contributed by atoms with van der Waals surface area (Å²) in [7, 11) is 1.21. The molecule has 0 amide bonds. The number of nitrogens with zero attached hydrogens (tertiary/aromatic N) is 1. The Morgan fingerprint density at radius 3 is 2.20 bits per heavy atom. The maximum atomic E-state index is 13.4. The van der Waals surface area contributed by atoms with Gasteiger partial charge in [0.15, 0.2) is 0 Å². The highest BCUT2D eigenvalue weighted by molar-refractivity contribution is 7.07. The van der Waals surface area contributed by atoms with Crippen LogP contribution in [-0.4, -0.2) is 30.2 Å². The summed E-state index contributed by atoms with van der Waals surface area (Å²) < 4.78 is 12.1. The number of methoxy groups -OCH3 is 1. The minimum Gasteiger partial charge on any atom is -0.466 e. The van der Waals surface area contributed by atoms with Crippen LogP contribution in [0.15, 0.2) is 58.9 Å². The van der Waals surface area contributed by atoms with Crippen molar-refractivity contribution in [3.05, 3.63) is 94.8 Å². The van der Waals surface area contributed by atoms with Crippen LogP contribution in [0, 0.1) is 0 Å². The van der Waals surface area contributed by atoms with Crippen LogP contribution in [0.2, 0.25) is 10.0 Å². The van der Waals surface area contributed by atoms with Crippen LogP contribution in [-0.2, 0) is 19.1 Å². The molecular weight excluding hydrogens is 511 g/mol. The predicted octanol–water partition coefficient (Wildman–Crippen LogP) is 2.86. The van der Waals surface area contributed by atoms with E-state index >= 15 is 0 Å². The fourth-order valence-electron chi connectivity index (χ4n) is 3.86. The molecule has 0 saturated heterocycles. The Bertz CT molecular complexity index is 1520. The van der Waals surface area contributed by atoms with Crippen LogP contribution in [0.25, 0.3) is 17.5 Å². The lowest BCUT2D eigenvalue weighted by molar-refractivity contribution is -0.136. The third-order valence-electron chi connectivity index (χ3n) is 5.42. The molecule has 2 aromatic carbocycles. The highest BCUT2D eigenvalue weighted by Gasteiger charge is 2.39. The smallest absolute Gasteiger partial charge is 0.338 e. The molecule has 7 nitrogen and oxygen atoms in total. The summed E-state index contributed by atoms with van der Waals surface area (Å²) in [6.07, 6.45) is 1.67. The number of hydrogen-bond acceptors (Lipinski definition) is 7. The van der Waals surface area contributed by atoms with Crippen LogP contribution in [0.4, 0.5) is 0 Å². The number of benzene rings is 2. The number of halogens is 2. The van der Waals surface area contributed by atoms with Gasteiger partial charge in [0, 0.05) is 10.0 Å². The molecule has 0 spiro atoms. The number of hydrogen-bond donors (Lipinski definition) is 1. The third kappa shape index (κ3) is 4.65. The Labute approximate surface area is 214 Å². The molecule has 2 N–H and O–H groups in total. The van der Waals surface area contributed by atoms with Gasteiger partial charge >= 0.3 is 11.9 Å². The molecule has 1 atom stereocenters. The normalized spacial score (nSPS) is 15.7. The van der Waals surface area contributed by atoms with Gasteiger partial charge in [-0.3, -0.25) is 9.36 Å². The van der Waals surface area contributed by atoms with Gasteiger partial charge < -0.3 is 15.2 Å². The van der Waals surface area contributed by atoms with Crippen molar-refractivity contribution in [3.63, 3.8) is 0 Å². The summed E-state index contributed by atoms with van der Waals surface area (Å²) in [6.45, 7) is 1.77. The van der Waals surface area contributed by atoms with Crippen molar-refractivity contribution in [3.8, 4) is 0 Å². The van der Waals surface area contributed by atoms with E-state index in [1.165, 1.54) is 7.11 Å². The summed E-state index contributed by atoms with van der Waals surface area (Å²) in [5, 5.41) is 1.04. The Kier molecular flexibility index (Phi) is 7.16. The van der Waals surface area contributed by atoms with Crippen molar-refractivity contribution >= 4 is 63.9 Å². The fraction of sp³-hybridized carbons (Fsp3) is 0.160. The van der Waals surface area contributed by atoms with E-state index in [1.54, 1.807) is 61.5 Å². The predicted molar refractivity (Wildman–Crippen MR) is 137 cm³/mol. The van der Waals surface area contributed by atoms with Gasteiger partial charge in [0.25, 0.3) is 5.56 Å². The molecule has 0 fully saturated rings. The molecule has 0 radical (unpaired) electrons. The van der Waals surface area contributed by atoms with Crippen LogP contribution >= 0.6 is 34.5 Å². The van der Waals surface area contributed by atoms with Crippen molar-refractivity contribution in [2.45, 2.75) is 12.8 Å². The lowest BCUT2D eigenvalue weighted by Crippen LogP contribution is -2.41. The highest BCUT2D eigenvalue weighted by Crippen LogP contribution is 2.38. The molecule has 10 heteroatoms. The minimum atomic E-state index is -0.930. The standard InChI is InChI=1S/C25H20Cl2N2O5S/c1-3-34-25(32)20-18(14-6-10-16(27)11-7-14)19(24(31)33-2)21(28)29-22(30)17(35-23(20)29)12-13-4-8-15(26)9-5-13/h4-12,18H,3,28H2,1-2H3/b17-12+. The first kappa shape index (κ1) is 24.8. The van der Waals surface area contributed by atoms with E-state index in [2.05, 4.69) is 0 Å². The van der Waals surface area contributed by atoms with Crippen molar-refractivity contribution in [1.29, 1.82) is 0 Å². The fourth-order valence-corrected chi connectivity index (χ4v) is 5.28. The van der Waals surface area contributed by atoms with Gasteiger partial charge in [-0.15, -0.1) is 11.3 Å². The van der Waals surface area contributed by atoms with E-state index in [4.69, 9.17) is 38.4 Å². The largest absolute Gasteiger partial charge is 0.466 e. The molecule has 1 aromatic heterocycles. The average Bonchev–Trinajstić information content (AvgIpc) is 3.16. The van der Waals surface area contributed by atoms with E-state index in [-0.39, 0.29) is 28.2 Å². The molecule has 1 unspecified atom stereocenters. The van der Waals surface area contributed by atoms with Crippen molar-refractivity contribution in [2.75, 3.05) is 13.7 Å². The molecule has 180 valence electrons. The van der Waals surface area contributed by atoms with Gasteiger partial charge in [0.2, 0.25) is 0 Å². The molecule has 3 aromatic rings. The molecule has 0 bridgehead atoms. The maximum absolute atomic E-state index is 13.4. The van der Waals surface area contributed by atoms with E-state index in [0.717, 1.165) is 21.5 Å². The van der Waals surface area contributed by atoms with Crippen LogP contribution < -0.4 is 20.5 Å². The Balaban J connectivity index is 2.11. The quantitative estimate of drug-likeness (QED) is 0.509. The Morgan fingerprint density at radius 2 is 1.63 bits per heavy atom. The van der Waals surface area contributed by atoms with E-state index < -0.39 is 23.4 Å². The van der Waals surface area contributed by atoms with Crippen LogP contribution in [0.5, 0.6) is 0 Å². The van der Waals surface area contributed by atoms with Gasteiger partial charge in [-0.2, -0.15) is 0 Å². The van der Waals surface area contributed by atoms with E-state index in [9.17, 15) is 14.4 Å². The highest BCUT2D eigenvalue weighted by atomic mass is 35.5. The number of fused-ring (bicyclic) bond motifs is 1. The summed E-state index contributed by atoms with van der Waals surface area (Å²) in [6, 6.07) is 13.6. The van der Waals surface area contributed by atoms with Crippen molar-refractivity contribution in [2.24, 2.45) is 5.73 Å². The monoisotopic (exact) mass is 530 g/mol. The summed E-state index contributed by atoms with van der Waals surface area (Å²) in [5.41, 5.74) is 7.31. The first-order valence-electron chi connectivity index (χ1n) is 10.5. The maximum Gasteiger partial charge on any atom is 0.338 e. The van der Waals surface area contributed by atoms with Gasteiger partial charge in [0.05, 0.1) is 35.3 Å². The molecule has 4 rings (SSSR count). The van der Waals surface area contributed by atoms with Crippen LogP contribution in [0.3, 0.4) is 0 Å². The minimum absolute atomic E-state index is 0.0386. The Hall–Kier alpha value is -3.33. The zero-order valence-electron chi connectivity index (χ0n) is 18.7. The second kappa shape index (κ2) is 10.1. The SMILES string of the molecule is CCOC(=O)C1=c2s/c(=C/c3ccc(Cl)cc3)c(=O)n2C(N)=C(C(=O)OC)C1c1ccc(Cl)cc1. The number of thiazole rings is 1. The topological polar surface area (TPSA) is 101 Å². The molecule has 1 aliphatic rings. The zero-order valence-corrected chi connectivity index (χ0v) is 21.0. The summed E-state index contributed by atoms with van der Waals surface area (Å²) >= 11 is 13.1. The number of carbonyl (C=O) groups excluding carboxylic acids is 2. The summed E-state index contributed by atoms with van der Waals surface area (Å²) in [4.78, 5) is 39.6. The molecule has 0 aliphatic carbocycles. The molecule has 2 heterocycles. The van der Waals surface area contributed by atoms with Gasteiger partial charge in [-0.05, 0) is 48.4 Å². The van der Waals surface area contributed by atoms with Crippen LogP contribution in [0.1, 0.15) is 24.0 Å². The third-order valence-corrected chi connectivity index (χ3v) is 7.03. The number of esters is 2.